The molecule has 0 unspecified atom stereocenters. The Morgan fingerprint density at radius 3 is 2.85 bits per heavy atom. The SMILES string of the molecule is Cn1nc(C2CCNCC2)nc1NC(=O)c1ccn(-c2cccc(Cl)c2)n1. The predicted octanol–water partition coefficient (Wildman–Crippen LogP) is 2.37. The van der Waals surface area contributed by atoms with Crippen molar-refractivity contribution in [2.75, 3.05) is 18.4 Å². The van der Waals surface area contributed by atoms with E-state index in [2.05, 4.69) is 25.8 Å². The molecule has 9 heteroatoms. The normalized spacial score (nSPS) is 15.0. The minimum Gasteiger partial charge on any atom is -0.317 e. The number of aryl methyl sites for hydroxylation is 1. The van der Waals surface area contributed by atoms with Crippen molar-refractivity contribution in [3.05, 3.63) is 53.1 Å². The highest BCUT2D eigenvalue weighted by Gasteiger charge is 2.22. The zero-order valence-corrected chi connectivity index (χ0v) is 15.6. The van der Waals surface area contributed by atoms with Crippen LogP contribution in [0.4, 0.5) is 5.95 Å². The molecule has 0 bridgehead atoms. The lowest BCUT2D eigenvalue weighted by molar-refractivity contribution is 0.102. The van der Waals surface area contributed by atoms with E-state index in [0.29, 0.717) is 22.6 Å². The van der Waals surface area contributed by atoms with Crippen LogP contribution < -0.4 is 10.6 Å². The van der Waals surface area contributed by atoms with Crippen molar-refractivity contribution in [3.63, 3.8) is 0 Å². The summed E-state index contributed by atoms with van der Waals surface area (Å²) in [5.74, 6) is 1.19. The van der Waals surface area contributed by atoms with Crippen molar-refractivity contribution in [2.45, 2.75) is 18.8 Å². The average molecular weight is 386 g/mol. The van der Waals surface area contributed by atoms with Crippen LogP contribution >= 0.6 is 11.6 Å². The van der Waals surface area contributed by atoms with Gasteiger partial charge in [-0.25, -0.2) is 9.36 Å². The van der Waals surface area contributed by atoms with Gasteiger partial charge < -0.3 is 5.32 Å². The Bertz CT molecular complexity index is 958. The largest absolute Gasteiger partial charge is 0.317 e. The Balaban J connectivity index is 1.49. The van der Waals surface area contributed by atoms with Crippen molar-refractivity contribution in [1.82, 2.24) is 29.9 Å². The highest BCUT2D eigenvalue weighted by atomic mass is 35.5. The fraction of sp³-hybridized carbons (Fsp3) is 0.333. The van der Waals surface area contributed by atoms with Crippen LogP contribution in [0, 0.1) is 0 Å². The first-order valence-corrected chi connectivity index (χ1v) is 9.22. The summed E-state index contributed by atoms with van der Waals surface area (Å²) in [4.78, 5) is 17.1. The molecule has 1 aliphatic heterocycles. The Hall–Kier alpha value is -2.71. The van der Waals surface area contributed by atoms with Crippen LogP contribution in [0.1, 0.15) is 35.1 Å². The standard InChI is InChI=1S/C18H20ClN7O/c1-25-18(21-16(24-25)12-5-8-20-9-6-12)22-17(27)15-7-10-26(23-15)14-4-2-3-13(19)11-14/h2-4,7,10-12,20H,5-6,8-9H2,1H3,(H,21,22,24,27). The highest BCUT2D eigenvalue weighted by molar-refractivity contribution is 6.30. The molecule has 0 atom stereocenters. The molecular formula is C18H20ClN7O. The van der Waals surface area contributed by atoms with Crippen LogP contribution in [0.25, 0.3) is 5.69 Å². The first-order chi connectivity index (χ1) is 13.1. The quantitative estimate of drug-likeness (QED) is 0.719. The van der Waals surface area contributed by atoms with Gasteiger partial charge in [-0.05, 0) is 50.2 Å². The van der Waals surface area contributed by atoms with Gasteiger partial charge in [0.15, 0.2) is 11.5 Å². The number of benzene rings is 1. The summed E-state index contributed by atoms with van der Waals surface area (Å²) in [6, 6.07) is 8.93. The van der Waals surface area contributed by atoms with E-state index in [-0.39, 0.29) is 5.91 Å². The lowest BCUT2D eigenvalue weighted by atomic mass is 9.98. The summed E-state index contributed by atoms with van der Waals surface area (Å²) >= 11 is 6.01. The maximum Gasteiger partial charge on any atom is 0.278 e. The van der Waals surface area contributed by atoms with Gasteiger partial charge in [0.05, 0.1) is 5.69 Å². The molecule has 27 heavy (non-hydrogen) atoms. The third-order valence-electron chi connectivity index (χ3n) is 4.60. The summed E-state index contributed by atoms with van der Waals surface area (Å²) < 4.78 is 3.21. The average Bonchev–Trinajstić information content (AvgIpc) is 3.30. The Morgan fingerprint density at radius 1 is 1.26 bits per heavy atom. The van der Waals surface area contributed by atoms with Crippen LogP contribution in [-0.2, 0) is 7.05 Å². The monoisotopic (exact) mass is 385 g/mol. The third kappa shape index (κ3) is 3.86. The van der Waals surface area contributed by atoms with Crippen molar-refractivity contribution < 1.29 is 4.79 Å². The number of carbonyl (C=O) groups excluding carboxylic acids is 1. The highest BCUT2D eigenvalue weighted by Crippen LogP contribution is 2.23. The first-order valence-electron chi connectivity index (χ1n) is 8.85. The molecule has 0 aliphatic carbocycles. The van der Waals surface area contributed by atoms with Gasteiger partial charge in [0.2, 0.25) is 5.95 Å². The fourth-order valence-electron chi connectivity index (χ4n) is 3.14. The fourth-order valence-corrected chi connectivity index (χ4v) is 3.32. The molecule has 2 N–H and O–H groups in total. The van der Waals surface area contributed by atoms with Crippen LogP contribution in [-0.4, -0.2) is 43.5 Å². The number of aromatic nitrogens is 5. The zero-order valence-electron chi connectivity index (χ0n) is 14.9. The number of rotatable bonds is 4. The summed E-state index contributed by atoms with van der Waals surface area (Å²) in [7, 11) is 1.78. The second kappa shape index (κ2) is 7.50. The molecular weight excluding hydrogens is 366 g/mol. The number of hydrogen-bond donors (Lipinski definition) is 2. The van der Waals surface area contributed by atoms with E-state index < -0.39 is 0 Å². The molecule has 1 amide bonds. The number of piperidine rings is 1. The van der Waals surface area contributed by atoms with E-state index in [1.807, 2.05) is 12.1 Å². The number of nitrogens with zero attached hydrogens (tertiary/aromatic N) is 5. The number of halogens is 1. The van der Waals surface area contributed by atoms with E-state index in [4.69, 9.17) is 11.6 Å². The van der Waals surface area contributed by atoms with Crippen LogP contribution in [0.2, 0.25) is 5.02 Å². The summed E-state index contributed by atoms with van der Waals surface area (Å²) in [5, 5.41) is 15.5. The Kier molecular flexibility index (Phi) is 4.91. The summed E-state index contributed by atoms with van der Waals surface area (Å²) in [5.41, 5.74) is 1.08. The lowest BCUT2D eigenvalue weighted by Gasteiger charge is -2.19. The third-order valence-corrected chi connectivity index (χ3v) is 4.84. The topological polar surface area (TPSA) is 89.7 Å². The van der Waals surface area contributed by atoms with Gasteiger partial charge in [-0.3, -0.25) is 10.1 Å². The Labute approximate surface area is 161 Å². The number of amides is 1. The minimum atomic E-state index is -0.330. The van der Waals surface area contributed by atoms with Crippen molar-refractivity contribution >= 4 is 23.5 Å². The molecule has 0 saturated carbocycles. The molecule has 140 valence electrons. The van der Waals surface area contributed by atoms with Crippen molar-refractivity contribution in [1.29, 1.82) is 0 Å². The second-order valence-electron chi connectivity index (χ2n) is 6.52. The summed E-state index contributed by atoms with van der Waals surface area (Å²) in [6.07, 6.45) is 3.72. The second-order valence-corrected chi connectivity index (χ2v) is 6.96. The molecule has 1 aromatic carbocycles. The van der Waals surface area contributed by atoms with E-state index in [1.54, 1.807) is 40.8 Å². The number of nitrogens with one attached hydrogen (secondary N) is 2. The van der Waals surface area contributed by atoms with Crippen molar-refractivity contribution in [2.24, 2.45) is 7.05 Å². The zero-order chi connectivity index (χ0) is 18.8. The molecule has 3 aromatic rings. The van der Waals surface area contributed by atoms with Crippen LogP contribution in [0.3, 0.4) is 0 Å². The van der Waals surface area contributed by atoms with Gasteiger partial charge in [-0.1, -0.05) is 17.7 Å². The smallest absolute Gasteiger partial charge is 0.278 e. The first kappa shape index (κ1) is 17.7. The summed E-state index contributed by atoms with van der Waals surface area (Å²) in [6.45, 7) is 1.93. The van der Waals surface area contributed by atoms with E-state index in [1.165, 1.54) is 0 Å². The molecule has 4 rings (SSSR count). The number of hydrogen-bond acceptors (Lipinski definition) is 5. The van der Waals surface area contributed by atoms with Crippen molar-refractivity contribution in [3.8, 4) is 5.69 Å². The van der Waals surface area contributed by atoms with Gasteiger partial charge >= 0.3 is 0 Å². The molecule has 8 nitrogen and oxygen atoms in total. The number of carbonyl (C=O) groups is 1. The van der Waals surface area contributed by atoms with Gasteiger partial charge in [-0.15, -0.1) is 0 Å². The predicted molar refractivity (Wildman–Crippen MR) is 102 cm³/mol. The van der Waals surface area contributed by atoms with Crippen LogP contribution in [0.5, 0.6) is 0 Å². The molecule has 0 radical (unpaired) electrons. The maximum absolute atomic E-state index is 12.6. The molecule has 1 fully saturated rings. The minimum absolute atomic E-state index is 0.293. The van der Waals surface area contributed by atoms with Gasteiger partial charge in [-0.2, -0.15) is 15.2 Å². The molecule has 1 saturated heterocycles. The van der Waals surface area contributed by atoms with E-state index in [9.17, 15) is 4.79 Å². The Morgan fingerprint density at radius 2 is 2.07 bits per heavy atom. The maximum atomic E-state index is 12.6. The molecule has 0 spiro atoms. The van der Waals surface area contributed by atoms with Gasteiger partial charge in [0, 0.05) is 24.2 Å². The van der Waals surface area contributed by atoms with E-state index in [0.717, 1.165) is 37.4 Å². The molecule has 2 aromatic heterocycles. The van der Waals surface area contributed by atoms with Crippen LogP contribution in [0.15, 0.2) is 36.5 Å². The number of anilines is 1. The molecule has 3 heterocycles. The van der Waals surface area contributed by atoms with Gasteiger partial charge in [0.25, 0.3) is 5.91 Å². The molecule has 1 aliphatic rings. The lowest BCUT2D eigenvalue weighted by Crippen LogP contribution is -2.27. The van der Waals surface area contributed by atoms with Gasteiger partial charge in [0.1, 0.15) is 0 Å². The van der Waals surface area contributed by atoms with E-state index >= 15 is 0 Å².